The van der Waals surface area contributed by atoms with Crippen molar-refractivity contribution in [3.05, 3.63) is 58.2 Å². The van der Waals surface area contributed by atoms with Gasteiger partial charge in [-0.3, -0.25) is 14.7 Å². The number of hydrogen-bond acceptors (Lipinski definition) is 8. The molecular formula is C24H23F7N6O2S. The fraction of sp³-hybridized carbons (Fsp3) is 0.458. The highest BCUT2D eigenvalue weighted by atomic mass is 32.1. The molecule has 0 bridgehead atoms. The van der Waals surface area contributed by atoms with Crippen molar-refractivity contribution < 1.29 is 40.3 Å². The van der Waals surface area contributed by atoms with Crippen LogP contribution in [0.5, 0.6) is 5.88 Å². The Labute approximate surface area is 227 Å². The van der Waals surface area contributed by atoms with Gasteiger partial charge in [0.15, 0.2) is 5.69 Å². The number of aryl methyl sites for hydroxylation is 1. The highest BCUT2D eigenvalue weighted by Crippen LogP contribution is 2.28. The van der Waals surface area contributed by atoms with Crippen molar-refractivity contribution in [3.8, 4) is 5.88 Å². The molecule has 0 saturated carbocycles. The van der Waals surface area contributed by atoms with Crippen LogP contribution in [0.15, 0.2) is 30.7 Å². The summed E-state index contributed by atoms with van der Waals surface area (Å²) in [6.45, 7) is 1.42. The summed E-state index contributed by atoms with van der Waals surface area (Å²) < 4.78 is 99.7. The number of likely N-dealkylation sites (tertiary alicyclic amines) is 1. The molecule has 2 atom stereocenters. The average Bonchev–Trinajstić information content (AvgIpc) is 3.24. The summed E-state index contributed by atoms with van der Waals surface area (Å²) in [5.41, 5.74) is 0.0571. The number of pyridine rings is 1. The lowest BCUT2D eigenvalue weighted by atomic mass is 10.1. The lowest BCUT2D eigenvalue weighted by Gasteiger charge is -2.34. The van der Waals surface area contributed by atoms with E-state index in [1.807, 2.05) is 0 Å². The second-order valence-electron chi connectivity index (χ2n) is 9.10. The van der Waals surface area contributed by atoms with Crippen molar-refractivity contribution in [1.82, 2.24) is 24.2 Å². The number of alkyl halides is 7. The molecule has 0 unspecified atom stereocenters. The van der Waals surface area contributed by atoms with E-state index in [2.05, 4.69) is 24.6 Å². The standard InChI is InChI=1S/C24H23F7N6O2S/c1-13-21(18(40-36-13)8-15-10-33-19(11-32-15)24(29,30)31)22(38)35-14-2-3-20(34-9-14)39-17-4-6-37(12-16(17)25)7-5-23(26,27)28/h2-3,9-11,16-17H,4-8,12H2,1H3,(H,35,38)/t16-,17+/m1/s1. The van der Waals surface area contributed by atoms with Crippen molar-refractivity contribution in [2.24, 2.45) is 0 Å². The molecule has 40 heavy (non-hydrogen) atoms. The van der Waals surface area contributed by atoms with E-state index in [9.17, 15) is 35.5 Å². The number of carbonyl (C=O) groups excluding carboxylic acids is 1. The molecule has 0 spiro atoms. The van der Waals surface area contributed by atoms with Gasteiger partial charge in [0.25, 0.3) is 5.91 Å². The maximum Gasteiger partial charge on any atom is 0.434 e. The van der Waals surface area contributed by atoms with Crippen LogP contribution in [-0.4, -0.2) is 68.2 Å². The number of rotatable bonds is 8. The Morgan fingerprint density at radius 3 is 2.50 bits per heavy atom. The highest BCUT2D eigenvalue weighted by Gasteiger charge is 2.34. The zero-order valence-corrected chi connectivity index (χ0v) is 21.7. The van der Waals surface area contributed by atoms with Gasteiger partial charge in [-0.05, 0) is 30.9 Å². The monoisotopic (exact) mass is 592 g/mol. The number of aromatic nitrogens is 4. The van der Waals surface area contributed by atoms with Crippen LogP contribution in [0.2, 0.25) is 0 Å². The number of anilines is 1. The molecule has 1 N–H and O–H groups in total. The lowest BCUT2D eigenvalue weighted by molar-refractivity contribution is -0.141. The van der Waals surface area contributed by atoms with E-state index in [0.717, 1.165) is 17.7 Å². The average molecular weight is 593 g/mol. The predicted molar refractivity (Wildman–Crippen MR) is 130 cm³/mol. The molecule has 216 valence electrons. The van der Waals surface area contributed by atoms with E-state index in [0.29, 0.717) is 22.5 Å². The first-order chi connectivity index (χ1) is 18.8. The molecule has 1 aliphatic heterocycles. The summed E-state index contributed by atoms with van der Waals surface area (Å²) in [6, 6.07) is 2.91. The highest BCUT2D eigenvalue weighted by molar-refractivity contribution is 7.06. The van der Waals surface area contributed by atoms with Gasteiger partial charge in [0, 0.05) is 43.2 Å². The summed E-state index contributed by atoms with van der Waals surface area (Å²) in [5, 5.41) is 2.66. The van der Waals surface area contributed by atoms with Gasteiger partial charge >= 0.3 is 12.4 Å². The van der Waals surface area contributed by atoms with Crippen LogP contribution < -0.4 is 10.1 Å². The summed E-state index contributed by atoms with van der Waals surface area (Å²) in [7, 11) is 0. The van der Waals surface area contributed by atoms with Gasteiger partial charge in [0.05, 0.1) is 41.5 Å². The zero-order valence-electron chi connectivity index (χ0n) is 20.9. The van der Waals surface area contributed by atoms with Crippen LogP contribution in [0.4, 0.5) is 36.4 Å². The number of piperidine rings is 1. The third-order valence-electron chi connectivity index (χ3n) is 6.04. The fourth-order valence-corrected chi connectivity index (χ4v) is 4.91. The number of halogens is 7. The van der Waals surface area contributed by atoms with E-state index in [4.69, 9.17) is 4.74 Å². The number of carbonyl (C=O) groups is 1. The number of nitrogens with zero attached hydrogens (tertiary/aromatic N) is 5. The Balaban J connectivity index is 1.33. The summed E-state index contributed by atoms with van der Waals surface area (Å²) in [5.74, 6) is -0.434. The van der Waals surface area contributed by atoms with Crippen molar-refractivity contribution in [1.29, 1.82) is 0 Å². The molecule has 16 heteroatoms. The number of hydrogen-bond donors (Lipinski definition) is 1. The molecule has 1 aliphatic rings. The normalized spacial score (nSPS) is 18.5. The van der Waals surface area contributed by atoms with E-state index in [-0.39, 0.29) is 49.6 Å². The number of nitrogens with one attached hydrogen (secondary N) is 1. The zero-order chi connectivity index (χ0) is 29.1. The van der Waals surface area contributed by atoms with Gasteiger partial charge in [-0.2, -0.15) is 30.7 Å². The Morgan fingerprint density at radius 2 is 1.90 bits per heavy atom. The van der Waals surface area contributed by atoms with Crippen LogP contribution in [-0.2, 0) is 12.6 Å². The van der Waals surface area contributed by atoms with Crippen molar-refractivity contribution >= 4 is 23.1 Å². The summed E-state index contributed by atoms with van der Waals surface area (Å²) in [6.07, 6.45) is -9.13. The van der Waals surface area contributed by atoms with E-state index < -0.39 is 42.7 Å². The molecule has 3 aromatic heterocycles. The molecule has 8 nitrogen and oxygen atoms in total. The SMILES string of the molecule is Cc1nsc(Cc2cnc(C(F)(F)F)cn2)c1C(=O)Nc1ccc(O[C@H]2CCN(CCC(F)(F)F)C[C@H]2F)nc1. The molecule has 0 aliphatic carbocycles. The van der Waals surface area contributed by atoms with E-state index >= 15 is 0 Å². The van der Waals surface area contributed by atoms with Gasteiger partial charge in [-0.25, -0.2) is 14.4 Å². The molecule has 4 heterocycles. The van der Waals surface area contributed by atoms with Crippen LogP contribution >= 0.6 is 11.5 Å². The lowest BCUT2D eigenvalue weighted by Crippen LogP contribution is -2.47. The minimum Gasteiger partial charge on any atom is -0.471 e. The van der Waals surface area contributed by atoms with Crippen LogP contribution in [0, 0.1) is 6.92 Å². The third-order valence-corrected chi connectivity index (χ3v) is 6.98. The van der Waals surface area contributed by atoms with Gasteiger partial charge in [-0.1, -0.05) is 0 Å². The second kappa shape index (κ2) is 12.0. The van der Waals surface area contributed by atoms with Crippen LogP contribution in [0.1, 0.15) is 45.2 Å². The van der Waals surface area contributed by atoms with Gasteiger partial charge in [0.2, 0.25) is 5.88 Å². The number of ether oxygens (including phenoxy) is 1. The Morgan fingerprint density at radius 1 is 1.12 bits per heavy atom. The second-order valence-corrected chi connectivity index (χ2v) is 9.96. The third kappa shape index (κ3) is 7.84. The first-order valence-corrected chi connectivity index (χ1v) is 12.8. The van der Waals surface area contributed by atoms with Gasteiger partial charge < -0.3 is 10.1 Å². The van der Waals surface area contributed by atoms with Crippen LogP contribution in [0.3, 0.4) is 0 Å². The first kappa shape index (κ1) is 29.6. The quantitative estimate of drug-likeness (QED) is 0.358. The van der Waals surface area contributed by atoms with Crippen molar-refractivity contribution in [2.75, 3.05) is 25.0 Å². The Kier molecular flexibility index (Phi) is 8.87. The fourth-order valence-electron chi connectivity index (χ4n) is 4.02. The Hall–Kier alpha value is -3.40. The smallest absolute Gasteiger partial charge is 0.434 e. The van der Waals surface area contributed by atoms with Gasteiger partial charge in [0.1, 0.15) is 12.3 Å². The van der Waals surface area contributed by atoms with Crippen molar-refractivity contribution in [2.45, 2.75) is 50.8 Å². The minimum absolute atomic E-state index is 0.0455. The molecule has 0 aromatic carbocycles. The first-order valence-electron chi connectivity index (χ1n) is 12.0. The number of amides is 1. The maximum absolute atomic E-state index is 14.5. The topological polar surface area (TPSA) is 93.1 Å². The van der Waals surface area contributed by atoms with Gasteiger partial charge in [-0.15, -0.1) is 0 Å². The maximum atomic E-state index is 14.5. The van der Waals surface area contributed by atoms with E-state index in [1.54, 1.807) is 6.92 Å². The molecule has 3 aromatic rings. The molecule has 0 radical (unpaired) electrons. The molecule has 1 amide bonds. The molecular weight excluding hydrogens is 569 g/mol. The Bertz CT molecular complexity index is 1300. The summed E-state index contributed by atoms with van der Waals surface area (Å²) >= 11 is 1.01. The molecule has 1 saturated heterocycles. The summed E-state index contributed by atoms with van der Waals surface area (Å²) in [4.78, 5) is 26.1. The van der Waals surface area contributed by atoms with E-state index in [1.165, 1.54) is 23.2 Å². The predicted octanol–water partition coefficient (Wildman–Crippen LogP) is 5.24. The van der Waals surface area contributed by atoms with Crippen LogP contribution in [0.25, 0.3) is 0 Å². The molecule has 1 fully saturated rings. The largest absolute Gasteiger partial charge is 0.471 e. The minimum atomic E-state index is -4.61. The molecule has 4 rings (SSSR count). The van der Waals surface area contributed by atoms with Crippen molar-refractivity contribution in [3.63, 3.8) is 0 Å².